The van der Waals surface area contributed by atoms with Crippen molar-refractivity contribution in [3.63, 3.8) is 0 Å². The number of halogens is 1. The van der Waals surface area contributed by atoms with E-state index in [-0.39, 0.29) is 63.8 Å². The molecule has 0 spiro atoms. The summed E-state index contributed by atoms with van der Waals surface area (Å²) in [6.07, 6.45) is 8.83. The Kier molecular flexibility index (Phi) is 18.2. The summed E-state index contributed by atoms with van der Waals surface area (Å²) in [7, 11) is 0. The van der Waals surface area contributed by atoms with E-state index in [1.165, 1.54) is 12.1 Å². The van der Waals surface area contributed by atoms with Gasteiger partial charge in [0.2, 0.25) is 12.1 Å². The Balaban J connectivity index is 1.38. The quantitative estimate of drug-likeness (QED) is 0.0472. The van der Waals surface area contributed by atoms with E-state index in [9.17, 15) is 24.2 Å². The van der Waals surface area contributed by atoms with Crippen LogP contribution >= 0.6 is 0 Å². The summed E-state index contributed by atoms with van der Waals surface area (Å²) in [6, 6.07) is 20.1. The molecule has 0 aromatic heterocycles. The van der Waals surface area contributed by atoms with E-state index >= 15 is 0 Å². The van der Waals surface area contributed by atoms with Crippen molar-refractivity contribution in [2.75, 3.05) is 46.2 Å². The van der Waals surface area contributed by atoms with Crippen molar-refractivity contribution in [1.82, 2.24) is 10.2 Å². The number of nitrogens with zero attached hydrogens (tertiary/aromatic N) is 2. The first-order chi connectivity index (χ1) is 32.8. The highest BCUT2D eigenvalue weighted by atomic mass is 19.1. The molecule has 0 bridgehead atoms. The lowest BCUT2D eigenvalue weighted by Crippen LogP contribution is -2.70. The number of aliphatic hydroxyl groups excluding tert-OH is 2. The van der Waals surface area contributed by atoms with Gasteiger partial charge in [0, 0.05) is 50.6 Å². The molecule has 7 unspecified atom stereocenters. The molecule has 4 aliphatic rings. The molecule has 362 valence electrons. The lowest BCUT2D eigenvalue weighted by Gasteiger charge is -2.59. The molecule has 1 saturated heterocycles. The van der Waals surface area contributed by atoms with Crippen LogP contribution in [0.4, 0.5) is 14.0 Å². The van der Waals surface area contributed by atoms with E-state index < -0.39 is 42.0 Å². The molecule has 0 radical (unpaired) electrons. The summed E-state index contributed by atoms with van der Waals surface area (Å²) >= 11 is 0. The lowest BCUT2D eigenvalue weighted by molar-refractivity contribution is -0.256. The number of unbranched alkanes of at least 4 members (excludes halogenated alkanes) is 2. The summed E-state index contributed by atoms with van der Waals surface area (Å²) in [5.74, 6) is -2.33. The number of nitrogens with one attached hydrogen (secondary N) is 1. The Morgan fingerprint density at radius 1 is 0.985 bits per heavy atom. The van der Waals surface area contributed by atoms with Gasteiger partial charge in [0.15, 0.2) is 0 Å². The third-order valence-corrected chi connectivity index (χ3v) is 13.0. The number of hydrogen-bond acceptors (Lipinski definition) is 12. The maximum Gasteiger partial charge on any atom is 0.412 e. The number of allylic oxidation sites excluding steroid dienone is 1. The molecule has 7 rings (SSSR count). The zero-order valence-electron chi connectivity index (χ0n) is 38.5. The van der Waals surface area contributed by atoms with Crippen molar-refractivity contribution in [3.8, 4) is 11.5 Å². The SMILES string of the molecule is C=CCOC12Oc3ccc(OC(=O)NCC)cc3C3C(CCCCO)C(CCCCO)C=C(C(=NOC4CCCCO4)CC1N(Cc1ccc(F)cc1)C(=O)OCCOCc1ccccc1)C32. The smallest absolute Gasteiger partial charge is 0.412 e. The van der Waals surface area contributed by atoms with E-state index in [4.69, 9.17) is 38.4 Å². The second-order valence-corrected chi connectivity index (χ2v) is 17.5. The maximum atomic E-state index is 14.9. The van der Waals surface area contributed by atoms with E-state index in [1.807, 2.05) is 43.3 Å². The number of rotatable bonds is 23. The molecule has 2 fully saturated rings. The number of amides is 2. The monoisotopic (exact) mass is 927 g/mol. The molecule has 15 heteroatoms. The van der Waals surface area contributed by atoms with Gasteiger partial charge in [-0.15, -0.1) is 6.58 Å². The fraction of sp³-hybridized carbons (Fsp3) is 0.519. The van der Waals surface area contributed by atoms with E-state index in [2.05, 4.69) is 18.0 Å². The van der Waals surface area contributed by atoms with E-state index in [0.717, 1.165) is 48.8 Å². The van der Waals surface area contributed by atoms with Gasteiger partial charge in [-0.2, -0.15) is 0 Å². The number of benzene rings is 3. The van der Waals surface area contributed by atoms with Crippen molar-refractivity contribution in [3.05, 3.63) is 120 Å². The molecule has 2 aliphatic carbocycles. The molecule has 3 aromatic rings. The molecular weight excluding hydrogens is 862 g/mol. The zero-order chi connectivity index (χ0) is 47.0. The minimum absolute atomic E-state index is 0.0105. The molecule has 67 heavy (non-hydrogen) atoms. The summed E-state index contributed by atoms with van der Waals surface area (Å²) < 4.78 is 52.6. The van der Waals surface area contributed by atoms with Crippen LogP contribution in [0, 0.1) is 23.6 Å². The highest BCUT2D eigenvalue weighted by Crippen LogP contribution is 2.62. The standard InChI is InChI=1S/C52H66FN3O11/c1-3-27-64-52-46(56(34-36-19-21-39(53)22-20-36)51(60)63-30-29-61-35-37-14-6-5-7-15-37)33-44(55-67-47-18-10-13-28-62-47)42-31-38(16-8-11-25-57)41(17-9-12-26-58)48(49(42)52)43-32-40(23-24-45(43)66-52)65-50(59)54-4-2/h3,5-7,14-15,19-24,31-32,38,41,46-49,57-58H,1,4,8-13,16-18,25-30,33-35H2,2H3,(H,54,59). The number of aliphatic hydroxyl groups is 2. The molecular formula is C52H66FN3O11. The summed E-state index contributed by atoms with van der Waals surface area (Å²) in [5.41, 5.74) is 3.82. The van der Waals surface area contributed by atoms with E-state index in [0.29, 0.717) is 68.2 Å². The minimum Gasteiger partial charge on any atom is -0.459 e. The lowest BCUT2D eigenvalue weighted by atomic mass is 9.55. The Morgan fingerprint density at radius 3 is 2.51 bits per heavy atom. The van der Waals surface area contributed by atoms with Gasteiger partial charge in [-0.3, -0.25) is 4.90 Å². The maximum absolute atomic E-state index is 14.9. The van der Waals surface area contributed by atoms with Crippen LogP contribution in [0.15, 0.2) is 102 Å². The Morgan fingerprint density at radius 2 is 1.78 bits per heavy atom. The molecule has 2 amide bonds. The van der Waals surface area contributed by atoms with Gasteiger partial charge in [0.05, 0.1) is 38.1 Å². The van der Waals surface area contributed by atoms with Gasteiger partial charge in [0.25, 0.3) is 0 Å². The van der Waals surface area contributed by atoms with Gasteiger partial charge in [-0.1, -0.05) is 72.6 Å². The van der Waals surface area contributed by atoms with Crippen molar-refractivity contribution in [1.29, 1.82) is 0 Å². The Labute approximate surface area is 393 Å². The molecule has 3 N–H and O–H groups in total. The largest absolute Gasteiger partial charge is 0.459 e. The summed E-state index contributed by atoms with van der Waals surface area (Å²) in [4.78, 5) is 35.6. The van der Waals surface area contributed by atoms with Gasteiger partial charge >= 0.3 is 12.2 Å². The van der Waals surface area contributed by atoms with Crippen LogP contribution in [-0.4, -0.2) is 97.3 Å². The molecule has 14 nitrogen and oxygen atoms in total. The van der Waals surface area contributed by atoms with Gasteiger partial charge in [-0.05, 0) is 104 Å². The number of carbonyl (C=O) groups is 2. The summed E-state index contributed by atoms with van der Waals surface area (Å²) in [6.45, 7) is 7.30. The topological polar surface area (TPSA) is 167 Å². The average molecular weight is 928 g/mol. The van der Waals surface area contributed by atoms with Crippen LogP contribution in [0.3, 0.4) is 0 Å². The van der Waals surface area contributed by atoms with Gasteiger partial charge in [0.1, 0.15) is 30.0 Å². The van der Waals surface area contributed by atoms with Crippen LogP contribution in [0.5, 0.6) is 11.5 Å². The number of fused-ring (bicyclic) bond motifs is 2. The van der Waals surface area contributed by atoms with Gasteiger partial charge in [-0.25, -0.2) is 14.0 Å². The Hall–Kier alpha value is -5.32. The Bertz CT molecular complexity index is 2130. The summed E-state index contributed by atoms with van der Waals surface area (Å²) in [5, 5.41) is 27.6. The molecule has 2 aliphatic heterocycles. The van der Waals surface area contributed by atoms with Gasteiger partial charge < -0.3 is 48.8 Å². The molecule has 7 atom stereocenters. The van der Waals surface area contributed by atoms with Crippen molar-refractivity contribution in [2.24, 2.45) is 22.9 Å². The zero-order valence-corrected chi connectivity index (χ0v) is 38.5. The first kappa shape index (κ1) is 49.6. The number of oxime groups is 1. The van der Waals surface area contributed by atoms with Crippen LogP contribution in [0.2, 0.25) is 0 Å². The number of carbonyl (C=O) groups excluding carboxylic acids is 2. The fourth-order valence-corrected chi connectivity index (χ4v) is 10.0. The first-order valence-electron chi connectivity index (χ1n) is 23.9. The fourth-order valence-electron chi connectivity index (χ4n) is 10.0. The molecule has 2 heterocycles. The minimum atomic E-state index is -1.60. The number of hydrogen-bond donors (Lipinski definition) is 3. The van der Waals surface area contributed by atoms with Crippen molar-refractivity contribution < 1.29 is 57.5 Å². The third-order valence-electron chi connectivity index (χ3n) is 13.0. The highest BCUT2D eigenvalue weighted by Gasteiger charge is 2.66. The third kappa shape index (κ3) is 12.4. The molecule has 3 aromatic carbocycles. The van der Waals surface area contributed by atoms with Crippen LogP contribution in [0.1, 0.15) is 93.7 Å². The molecule has 1 saturated carbocycles. The first-order valence-corrected chi connectivity index (χ1v) is 23.9. The van der Waals surface area contributed by atoms with Crippen LogP contribution in [-0.2, 0) is 36.9 Å². The second-order valence-electron chi connectivity index (χ2n) is 17.5. The van der Waals surface area contributed by atoms with E-state index in [1.54, 1.807) is 35.2 Å². The van der Waals surface area contributed by atoms with Crippen molar-refractivity contribution >= 4 is 17.9 Å². The normalized spacial score (nSPS) is 24.6. The number of ether oxygens (including phenoxy) is 6. The van der Waals surface area contributed by atoms with Crippen molar-refractivity contribution in [2.45, 2.75) is 108 Å². The predicted octanol–water partition coefficient (Wildman–Crippen LogP) is 8.95. The average Bonchev–Trinajstić information content (AvgIpc) is 3.34. The predicted molar refractivity (Wildman–Crippen MR) is 249 cm³/mol. The second kappa shape index (κ2) is 24.6. The van der Waals surface area contributed by atoms with Crippen LogP contribution < -0.4 is 14.8 Å². The highest BCUT2D eigenvalue weighted by molar-refractivity contribution is 6.03. The van der Waals surface area contributed by atoms with Crippen LogP contribution in [0.25, 0.3) is 0 Å².